The Balaban J connectivity index is 1.59. The lowest BCUT2D eigenvalue weighted by Crippen LogP contribution is -2.32. The first-order valence-electron chi connectivity index (χ1n) is 8.87. The molecule has 4 rings (SSSR count). The summed E-state index contributed by atoms with van der Waals surface area (Å²) in [6.45, 7) is 2.26. The SMILES string of the molecule is O=C(NCC1CCOCC1)c1sc(-n2cccc2)nc1-c1ccccc1. The lowest BCUT2D eigenvalue weighted by Gasteiger charge is -2.22. The van der Waals surface area contributed by atoms with Gasteiger partial charge in [0.2, 0.25) is 0 Å². The van der Waals surface area contributed by atoms with Crippen molar-refractivity contribution in [2.45, 2.75) is 12.8 Å². The minimum Gasteiger partial charge on any atom is -0.381 e. The van der Waals surface area contributed by atoms with E-state index >= 15 is 0 Å². The number of benzene rings is 1. The Bertz CT molecular complexity index is 853. The Morgan fingerprint density at radius 1 is 1.15 bits per heavy atom. The third-order valence-electron chi connectivity index (χ3n) is 4.59. The zero-order valence-corrected chi connectivity index (χ0v) is 15.2. The molecule has 26 heavy (non-hydrogen) atoms. The third-order valence-corrected chi connectivity index (χ3v) is 5.65. The van der Waals surface area contributed by atoms with E-state index in [1.165, 1.54) is 11.3 Å². The summed E-state index contributed by atoms with van der Waals surface area (Å²) in [6, 6.07) is 13.8. The fourth-order valence-corrected chi connectivity index (χ4v) is 4.07. The van der Waals surface area contributed by atoms with Gasteiger partial charge in [-0.05, 0) is 30.9 Å². The highest BCUT2D eigenvalue weighted by atomic mass is 32.1. The second-order valence-electron chi connectivity index (χ2n) is 6.40. The van der Waals surface area contributed by atoms with E-state index in [2.05, 4.69) is 5.32 Å². The van der Waals surface area contributed by atoms with Crippen LogP contribution in [0.5, 0.6) is 0 Å². The summed E-state index contributed by atoms with van der Waals surface area (Å²) in [5.41, 5.74) is 1.70. The van der Waals surface area contributed by atoms with Crippen molar-refractivity contribution in [3.8, 4) is 16.4 Å². The Hall–Kier alpha value is -2.44. The molecule has 1 saturated heterocycles. The highest BCUT2D eigenvalue weighted by Crippen LogP contribution is 2.30. The Morgan fingerprint density at radius 2 is 1.88 bits per heavy atom. The first kappa shape index (κ1) is 17.0. The summed E-state index contributed by atoms with van der Waals surface area (Å²) in [4.78, 5) is 18.3. The van der Waals surface area contributed by atoms with Crippen LogP contribution in [0.4, 0.5) is 0 Å². The van der Waals surface area contributed by atoms with Crippen LogP contribution in [0.15, 0.2) is 54.9 Å². The van der Waals surface area contributed by atoms with Gasteiger partial charge >= 0.3 is 0 Å². The first-order valence-corrected chi connectivity index (χ1v) is 9.68. The molecule has 5 nitrogen and oxygen atoms in total. The standard InChI is InChI=1S/C20H21N3O2S/c24-19(21-14-15-8-12-25-13-9-15)18-17(16-6-2-1-3-7-16)22-20(26-18)23-10-4-5-11-23/h1-7,10-11,15H,8-9,12-14H2,(H,21,24). The molecule has 1 aliphatic heterocycles. The van der Waals surface area contributed by atoms with Gasteiger partial charge in [-0.15, -0.1) is 0 Å². The summed E-state index contributed by atoms with van der Waals surface area (Å²) in [6.07, 6.45) is 5.89. The van der Waals surface area contributed by atoms with Gasteiger partial charge in [-0.1, -0.05) is 41.7 Å². The number of hydrogen-bond acceptors (Lipinski definition) is 4. The molecule has 1 amide bonds. The Labute approximate surface area is 156 Å². The van der Waals surface area contributed by atoms with E-state index in [4.69, 9.17) is 9.72 Å². The van der Waals surface area contributed by atoms with Gasteiger partial charge in [-0.25, -0.2) is 4.98 Å². The van der Waals surface area contributed by atoms with E-state index in [0.717, 1.165) is 42.4 Å². The molecule has 0 saturated carbocycles. The van der Waals surface area contributed by atoms with Gasteiger partial charge in [-0.3, -0.25) is 4.79 Å². The molecule has 1 fully saturated rings. The first-order chi connectivity index (χ1) is 12.8. The number of thiazole rings is 1. The number of carbonyl (C=O) groups excluding carboxylic acids is 1. The molecular formula is C20H21N3O2S. The van der Waals surface area contributed by atoms with E-state index in [9.17, 15) is 4.79 Å². The number of rotatable bonds is 5. The van der Waals surface area contributed by atoms with Gasteiger partial charge in [0, 0.05) is 37.7 Å². The number of ether oxygens (including phenoxy) is 1. The van der Waals surface area contributed by atoms with Crippen molar-refractivity contribution in [1.82, 2.24) is 14.9 Å². The van der Waals surface area contributed by atoms with Gasteiger partial charge in [0.15, 0.2) is 5.13 Å². The van der Waals surface area contributed by atoms with Crippen LogP contribution >= 0.6 is 11.3 Å². The van der Waals surface area contributed by atoms with Crippen molar-refractivity contribution in [1.29, 1.82) is 0 Å². The maximum absolute atomic E-state index is 12.9. The minimum atomic E-state index is -0.0498. The van der Waals surface area contributed by atoms with Crippen LogP contribution in [0, 0.1) is 5.92 Å². The topological polar surface area (TPSA) is 56.1 Å². The number of amides is 1. The minimum absolute atomic E-state index is 0.0498. The van der Waals surface area contributed by atoms with E-state index in [1.807, 2.05) is 59.4 Å². The molecule has 0 radical (unpaired) electrons. The van der Waals surface area contributed by atoms with E-state index < -0.39 is 0 Å². The van der Waals surface area contributed by atoms with E-state index in [-0.39, 0.29) is 5.91 Å². The van der Waals surface area contributed by atoms with Gasteiger partial charge in [0.05, 0.1) is 5.69 Å². The number of carbonyl (C=O) groups is 1. The Kier molecular flexibility index (Phi) is 5.13. The molecule has 0 spiro atoms. The van der Waals surface area contributed by atoms with Crippen molar-refractivity contribution in [3.63, 3.8) is 0 Å². The van der Waals surface area contributed by atoms with Crippen LogP contribution in [0.1, 0.15) is 22.5 Å². The quantitative estimate of drug-likeness (QED) is 0.747. The van der Waals surface area contributed by atoms with Gasteiger partial charge in [0.1, 0.15) is 4.88 Å². The van der Waals surface area contributed by atoms with Crippen LogP contribution in [-0.2, 0) is 4.74 Å². The summed E-state index contributed by atoms with van der Waals surface area (Å²) in [7, 11) is 0. The van der Waals surface area contributed by atoms with Crippen LogP contribution in [0.25, 0.3) is 16.4 Å². The second kappa shape index (κ2) is 7.85. The fraction of sp³-hybridized carbons (Fsp3) is 0.300. The second-order valence-corrected chi connectivity index (χ2v) is 7.37. The van der Waals surface area contributed by atoms with Crippen molar-refractivity contribution >= 4 is 17.2 Å². The maximum Gasteiger partial charge on any atom is 0.263 e. The van der Waals surface area contributed by atoms with Crippen molar-refractivity contribution in [3.05, 3.63) is 59.7 Å². The number of nitrogens with one attached hydrogen (secondary N) is 1. The highest BCUT2D eigenvalue weighted by Gasteiger charge is 2.21. The summed E-state index contributed by atoms with van der Waals surface area (Å²) < 4.78 is 7.33. The molecule has 2 aromatic heterocycles. The van der Waals surface area contributed by atoms with E-state index in [1.54, 1.807) is 0 Å². The smallest absolute Gasteiger partial charge is 0.263 e. The van der Waals surface area contributed by atoms with Gasteiger partial charge < -0.3 is 14.6 Å². The lowest BCUT2D eigenvalue weighted by molar-refractivity contribution is 0.0643. The molecule has 1 N–H and O–H groups in total. The van der Waals surface area contributed by atoms with E-state index in [0.29, 0.717) is 17.3 Å². The molecule has 3 heterocycles. The predicted molar refractivity (Wildman–Crippen MR) is 103 cm³/mol. The molecule has 0 unspecified atom stereocenters. The molecule has 1 aromatic carbocycles. The number of hydrogen-bond donors (Lipinski definition) is 1. The average molecular weight is 367 g/mol. The van der Waals surface area contributed by atoms with Crippen molar-refractivity contribution in [2.75, 3.05) is 19.8 Å². The van der Waals surface area contributed by atoms with Crippen molar-refractivity contribution in [2.24, 2.45) is 5.92 Å². The Morgan fingerprint density at radius 3 is 2.62 bits per heavy atom. The molecule has 0 atom stereocenters. The van der Waals surface area contributed by atoms with Crippen LogP contribution in [0.2, 0.25) is 0 Å². The largest absolute Gasteiger partial charge is 0.381 e. The van der Waals surface area contributed by atoms with Crippen LogP contribution in [-0.4, -0.2) is 35.2 Å². The molecular weight excluding hydrogens is 346 g/mol. The van der Waals surface area contributed by atoms with Gasteiger partial charge in [-0.2, -0.15) is 0 Å². The highest BCUT2D eigenvalue weighted by molar-refractivity contribution is 7.16. The summed E-state index contributed by atoms with van der Waals surface area (Å²) >= 11 is 1.42. The predicted octanol–water partition coefficient (Wildman–Crippen LogP) is 3.76. The fourth-order valence-electron chi connectivity index (χ4n) is 3.09. The molecule has 0 bridgehead atoms. The lowest BCUT2D eigenvalue weighted by atomic mass is 10.0. The number of aromatic nitrogens is 2. The molecule has 1 aliphatic rings. The molecule has 6 heteroatoms. The molecule has 0 aliphatic carbocycles. The third kappa shape index (κ3) is 3.71. The normalized spacial score (nSPS) is 15.1. The monoisotopic (exact) mass is 367 g/mol. The number of nitrogens with zero attached hydrogens (tertiary/aromatic N) is 2. The average Bonchev–Trinajstić information content (AvgIpc) is 3.37. The zero-order chi connectivity index (χ0) is 17.8. The van der Waals surface area contributed by atoms with Crippen LogP contribution < -0.4 is 5.32 Å². The summed E-state index contributed by atoms with van der Waals surface area (Å²) in [5.74, 6) is 0.441. The van der Waals surface area contributed by atoms with Crippen molar-refractivity contribution < 1.29 is 9.53 Å². The summed E-state index contributed by atoms with van der Waals surface area (Å²) in [5, 5.41) is 3.90. The maximum atomic E-state index is 12.9. The molecule has 134 valence electrons. The van der Waals surface area contributed by atoms with Gasteiger partial charge in [0.25, 0.3) is 5.91 Å². The van der Waals surface area contributed by atoms with Crippen LogP contribution in [0.3, 0.4) is 0 Å². The zero-order valence-electron chi connectivity index (χ0n) is 14.4. The molecule has 3 aromatic rings.